The summed E-state index contributed by atoms with van der Waals surface area (Å²) in [6, 6.07) is 1.52. The number of aliphatic hydroxyl groups is 1. The third kappa shape index (κ3) is 4.28. The highest BCUT2D eigenvalue weighted by molar-refractivity contribution is 7.80. The molecule has 2 rings (SSSR count). The number of ether oxygens (including phenoxy) is 1. The summed E-state index contributed by atoms with van der Waals surface area (Å²) in [5, 5.41) is 20.2. The Hall–Kier alpha value is -1.44. The Balaban J connectivity index is 1.91. The largest absolute Gasteiger partial charge is 0.462 e. The number of carbonyl (C=O) groups is 1. The summed E-state index contributed by atoms with van der Waals surface area (Å²) < 4.78 is 5.34. The molecule has 1 aromatic rings. The lowest BCUT2D eigenvalue weighted by Crippen LogP contribution is -2.54. The van der Waals surface area contributed by atoms with Gasteiger partial charge in [-0.2, -0.15) is 11.3 Å². The number of allylic oxidation sites excluding steroid dienone is 1. The SMILES string of the molecule is CC1=C(C(=O)OCCCc2ccsc2)C(C(C)O)NC(=S)N1. The van der Waals surface area contributed by atoms with Crippen LogP contribution in [0.4, 0.5) is 0 Å². The molecule has 0 fully saturated rings. The molecule has 0 saturated carbocycles. The van der Waals surface area contributed by atoms with Crippen molar-refractivity contribution in [3.63, 3.8) is 0 Å². The monoisotopic (exact) mass is 340 g/mol. The maximum Gasteiger partial charge on any atom is 0.337 e. The molecule has 0 bridgehead atoms. The molecule has 1 aromatic heterocycles. The van der Waals surface area contributed by atoms with Gasteiger partial charge in [-0.3, -0.25) is 0 Å². The number of esters is 1. The zero-order valence-corrected chi connectivity index (χ0v) is 14.2. The lowest BCUT2D eigenvalue weighted by Gasteiger charge is -2.31. The van der Waals surface area contributed by atoms with Crippen LogP contribution in [-0.2, 0) is 16.0 Å². The molecule has 1 aliphatic heterocycles. The van der Waals surface area contributed by atoms with E-state index in [0.717, 1.165) is 12.8 Å². The van der Waals surface area contributed by atoms with Gasteiger partial charge in [-0.15, -0.1) is 0 Å². The van der Waals surface area contributed by atoms with E-state index in [0.29, 0.717) is 23.0 Å². The highest BCUT2D eigenvalue weighted by atomic mass is 32.1. The number of thiocarbonyl (C=S) groups is 1. The summed E-state index contributed by atoms with van der Waals surface area (Å²) in [5.74, 6) is -0.420. The van der Waals surface area contributed by atoms with Crippen LogP contribution in [-0.4, -0.2) is 34.9 Å². The molecule has 120 valence electrons. The number of thiophene rings is 1. The Bertz CT molecular complexity index is 567. The maximum absolute atomic E-state index is 12.3. The van der Waals surface area contributed by atoms with Gasteiger partial charge < -0.3 is 20.5 Å². The first-order valence-corrected chi connectivity index (χ1v) is 8.48. The molecular weight excluding hydrogens is 320 g/mol. The third-order valence-electron chi connectivity index (χ3n) is 3.43. The van der Waals surface area contributed by atoms with Crippen molar-refractivity contribution >= 4 is 34.6 Å². The Labute approximate surface area is 139 Å². The number of hydrogen-bond donors (Lipinski definition) is 3. The smallest absolute Gasteiger partial charge is 0.337 e. The molecule has 2 atom stereocenters. The second-order valence-corrected chi connectivity index (χ2v) is 6.41. The summed E-state index contributed by atoms with van der Waals surface area (Å²) in [7, 11) is 0. The fraction of sp³-hybridized carbons (Fsp3) is 0.467. The van der Waals surface area contributed by atoms with Crippen LogP contribution in [0.25, 0.3) is 0 Å². The van der Waals surface area contributed by atoms with E-state index in [2.05, 4.69) is 22.1 Å². The molecule has 1 aliphatic rings. The van der Waals surface area contributed by atoms with Gasteiger partial charge in [0.05, 0.1) is 24.3 Å². The van der Waals surface area contributed by atoms with E-state index in [1.54, 1.807) is 25.2 Å². The van der Waals surface area contributed by atoms with Gasteiger partial charge in [-0.05, 0) is 61.3 Å². The van der Waals surface area contributed by atoms with Gasteiger partial charge in [-0.1, -0.05) is 0 Å². The van der Waals surface area contributed by atoms with Crippen LogP contribution in [0.2, 0.25) is 0 Å². The number of hydrogen-bond acceptors (Lipinski definition) is 5. The summed E-state index contributed by atoms with van der Waals surface area (Å²) in [6.45, 7) is 3.72. The van der Waals surface area contributed by atoms with Crippen LogP contribution in [0.15, 0.2) is 28.1 Å². The van der Waals surface area contributed by atoms with Crippen molar-refractivity contribution in [2.24, 2.45) is 0 Å². The average molecular weight is 340 g/mol. The van der Waals surface area contributed by atoms with Crippen molar-refractivity contribution in [1.29, 1.82) is 0 Å². The molecule has 0 amide bonds. The molecule has 2 unspecified atom stereocenters. The number of rotatable bonds is 6. The van der Waals surface area contributed by atoms with Gasteiger partial charge in [0.25, 0.3) is 0 Å². The zero-order valence-electron chi connectivity index (χ0n) is 12.6. The van der Waals surface area contributed by atoms with Gasteiger partial charge in [-0.25, -0.2) is 4.79 Å². The predicted molar refractivity (Wildman–Crippen MR) is 90.6 cm³/mol. The summed E-state index contributed by atoms with van der Waals surface area (Å²) in [4.78, 5) is 12.3. The molecule has 3 N–H and O–H groups in total. The molecule has 5 nitrogen and oxygen atoms in total. The predicted octanol–water partition coefficient (Wildman–Crippen LogP) is 1.72. The first-order valence-electron chi connectivity index (χ1n) is 7.13. The first-order chi connectivity index (χ1) is 10.5. The van der Waals surface area contributed by atoms with Crippen LogP contribution >= 0.6 is 23.6 Å². The quantitative estimate of drug-likeness (QED) is 0.416. The van der Waals surface area contributed by atoms with E-state index < -0.39 is 18.1 Å². The lowest BCUT2D eigenvalue weighted by molar-refractivity contribution is -0.140. The van der Waals surface area contributed by atoms with Crippen molar-refractivity contribution in [2.45, 2.75) is 38.8 Å². The normalized spacial score (nSPS) is 19.4. The summed E-state index contributed by atoms with van der Waals surface area (Å²) in [6.07, 6.45) is 0.909. The molecule has 0 spiro atoms. The topological polar surface area (TPSA) is 70.6 Å². The third-order valence-corrected chi connectivity index (χ3v) is 4.38. The van der Waals surface area contributed by atoms with Gasteiger partial charge >= 0.3 is 5.97 Å². The molecule has 2 heterocycles. The highest BCUT2D eigenvalue weighted by Crippen LogP contribution is 2.17. The van der Waals surface area contributed by atoms with Crippen molar-refractivity contribution in [2.75, 3.05) is 6.61 Å². The van der Waals surface area contributed by atoms with Crippen molar-refractivity contribution in [3.8, 4) is 0 Å². The van der Waals surface area contributed by atoms with E-state index in [1.807, 2.05) is 5.38 Å². The minimum atomic E-state index is -0.747. The minimum Gasteiger partial charge on any atom is -0.462 e. The summed E-state index contributed by atoms with van der Waals surface area (Å²) >= 11 is 6.71. The fourth-order valence-electron chi connectivity index (χ4n) is 2.32. The van der Waals surface area contributed by atoms with Crippen LogP contribution in [0.1, 0.15) is 25.8 Å². The van der Waals surface area contributed by atoms with Crippen LogP contribution in [0.5, 0.6) is 0 Å². The van der Waals surface area contributed by atoms with Gasteiger partial charge in [0.1, 0.15) is 0 Å². The van der Waals surface area contributed by atoms with Crippen LogP contribution < -0.4 is 10.6 Å². The Morgan fingerprint density at radius 1 is 1.59 bits per heavy atom. The number of aryl methyl sites for hydroxylation is 1. The molecular formula is C15H20N2O3S2. The second-order valence-electron chi connectivity index (χ2n) is 5.23. The average Bonchev–Trinajstić information content (AvgIpc) is 2.95. The van der Waals surface area contributed by atoms with Gasteiger partial charge in [0.2, 0.25) is 0 Å². The molecule has 0 saturated heterocycles. The van der Waals surface area contributed by atoms with E-state index in [4.69, 9.17) is 17.0 Å². The Morgan fingerprint density at radius 2 is 2.36 bits per heavy atom. The first kappa shape index (κ1) is 16.9. The van der Waals surface area contributed by atoms with E-state index in [-0.39, 0.29) is 0 Å². The molecule has 0 aliphatic carbocycles. The van der Waals surface area contributed by atoms with Gasteiger partial charge in [0, 0.05) is 5.70 Å². The highest BCUT2D eigenvalue weighted by Gasteiger charge is 2.32. The molecule has 0 radical (unpaired) electrons. The maximum atomic E-state index is 12.3. The Kier molecular flexibility index (Phi) is 5.93. The number of nitrogens with one attached hydrogen (secondary N) is 2. The second kappa shape index (κ2) is 7.71. The van der Waals surface area contributed by atoms with Crippen molar-refractivity contribution in [1.82, 2.24) is 10.6 Å². The van der Waals surface area contributed by atoms with E-state index in [1.165, 1.54) is 5.56 Å². The van der Waals surface area contributed by atoms with Gasteiger partial charge in [0.15, 0.2) is 5.11 Å². The minimum absolute atomic E-state index is 0.350. The fourth-order valence-corrected chi connectivity index (χ4v) is 3.30. The standard InChI is InChI=1S/C15H20N2O3S2/c1-9-12(13(10(2)18)17-15(21)16-9)14(19)20-6-3-4-11-5-7-22-8-11/h5,7-8,10,13,18H,3-4,6H2,1-2H3,(H2,16,17,21). The van der Waals surface area contributed by atoms with Crippen LogP contribution in [0.3, 0.4) is 0 Å². The van der Waals surface area contributed by atoms with Crippen molar-refractivity contribution < 1.29 is 14.6 Å². The molecule has 7 heteroatoms. The zero-order chi connectivity index (χ0) is 16.1. The molecule has 22 heavy (non-hydrogen) atoms. The Morgan fingerprint density at radius 3 is 3.00 bits per heavy atom. The lowest BCUT2D eigenvalue weighted by atomic mass is 9.99. The van der Waals surface area contributed by atoms with E-state index in [9.17, 15) is 9.90 Å². The number of aliphatic hydroxyl groups excluding tert-OH is 1. The summed E-state index contributed by atoms with van der Waals surface area (Å²) in [5.41, 5.74) is 2.28. The number of carbonyl (C=O) groups excluding carboxylic acids is 1. The van der Waals surface area contributed by atoms with E-state index >= 15 is 0 Å². The van der Waals surface area contributed by atoms with Crippen molar-refractivity contribution in [3.05, 3.63) is 33.7 Å². The molecule has 0 aromatic carbocycles. The van der Waals surface area contributed by atoms with Crippen LogP contribution in [0, 0.1) is 0 Å².